The van der Waals surface area contributed by atoms with Crippen molar-refractivity contribution >= 4 is 16.5 Å². The SMILES string of the molecule is CC1(C)CCC(C)(C)c2cc(-c3csc(NCCNCCC(CO)CCO)n3)ccc21. The van der Waals surface area contributed by atoms with Gasteiger partial charge < -0.3 is 20.8 Å². The van der Waals surface area contributed by atoms with Gasteiger partial charge in [0.2, 0.25) is 0 Å². The Morgan fingerprint density at radius 1 is 1.00 bits per heavy atom. The molecule has 0 saturated carbocycles. The highest BCUT2D eigenvalue weighted by atomic mass is 32.1. The van der Waals surface area contributed by atoms with Crippen molar-refractivity contribution in [1.82, 2.24) is 10.3 Å². The highest BCUT2D eigenvalue weighted by Crippen LogP contribution is 2.46. The maximum absolute atomic E-state index is 9.27. The van der Waals surface area contributed by atoms with Crippen molar-refractivity contribution in [1.29, 1.82) is 0 Å². The van der Waals surface area contributed by atoms with Crippen molar-refractivity contribution in [3.63, 3.8) is 0 Å². The average molecular weight is 446 g/mol. The summed E-state index contributed by atoms with van der Waals surface area (Å²) in [4.78, 5) is 4.82. The van der Waals surface area contributed by atoms with Crippen LogP contribution < -0.4 is 10.6 Å². The van der Waals surface area contributed by atoms with Crippen LogP contribution in [-0.2, 0) is 10.8 Å². The van der Waals surface area contributed by atoms with Crippen molar-refractivity contribution in [2.75, 3.05) is 38.2 Å². The van der Waals surface area contributed by atoms with Crippen LogP contribution in [0.15, 0.2) is 23.6 Å². The van der Waals surface area contributed by atoms with Gasteiger partial charge in [-0.25, -0.2) is 4.98 Å². The zero-order chi connectivity index (χ0) is 22.5. The molecule has 0 radical (unpaired) electrons. The highest BCUT2D eigenvalue weighted by molar-refractivity contribution is 7.14. The van der Waals surface area contributed by atoms with Gasteiger partial charge in [0.05, 0.1) is 5.69 Å². The van der Waals surface area contributed by atoms with E-state index in [-0.39, 0.29) is 30.0 Å². The Hall–Kier alpha value is -1.47. The summed E-state index contributed by atoms with van der Waals surface area (Å²) in [5.74, 6) is 0.180. The minimum Gasteiger partial charge on any atom is -0.396 e. The number of nitrogens with zero attached hydrogens (tertiary/aromatic N) is 1. The highest BCUT2D eigenvalue weighted by Gasteiger charge is 2.37. The number of fused-ring (bicyclic) bond motifs is 1. The Kier molecular flexibility index (Phi) is 8.14. The zero-order valence-corrected chi connectivity index (χ0v) is 20.3. The van der Waals surface area contributed by atoms with E-state index in [1.165, 1.54) is 29.5 Å². The van der Waals surface area contributed by atoms with E-state index in [0.717, 1.165) is 36.9 Å². The van der Waals surface area contributed by atoms with Crippen LogP contribution in [0.5, 0.6) is 0 Å². The minimum absolute atomic E-state index is 0.138. The van der Waals surface area contributed by atoms with Crippen LogP contribution in [0, 0.1) is 5.92 Å². The van der Waals surface area contributed by atoms with E-state index in [9.17, 15) is 5.11 Å². The molecule has 1 aromatic heterocycles. The van der Waals surface area contributed by atoms with Gasteiger partial charge in [0.25, 0.3) is 0 Å². The lowest BCUT2D eigenvalue weighted by atomic mass is 9.63. The number of hydrogen-bond donors (Lipinski definition) is 4. The molecule has 172 valence electrons. The van der Waals surface area contributed by atoms with Crippen molar-refractivity contribution in [2.24, 2.45) is 5.92 Å². The molecule has 1 heterocycles. The van der Waals surface area contributed by atoms with Crippen molar-refractivity contribution in [3.05, 3.63) is 34.7 Å². The van der Waals surface area contributed by atoms with Crippen LogP contribution in [0.2, 0.25) is 0 Å². The molecule has 1 aliphatic carbocycles. The summed E-state index contributed by atoms with van der Waals surface area (Å²) in [7, 11) is 0. The normalized spacial score (nSPS) is 17.9. The fourth-order valence-corrected chi connectivity index (χ4v) is 5.18. The Morgan fingerprint density at radius 3 is 2.45 bits per heavy atom. The van der Waals surface area contributed by atoms with Crippen LogP contribution in [-0.4, -0.2) is 48.0 Å². The van der Waals surface area contributed by atoms with E-state index in [0.29, 0.717) is 6.42 Å². The smallest absolute Gasteiger partial charge is 0.183 e. The molecule has 1 aromatic carbocycles. The lowest BCUT2D eigenvalue weighted by Gasteiger charge is -2.42. The summed E-state index contributed by atoms with van der Waals surface area (Å²) in [6.07, 6.45) is 3.99. The maximum atomic E-state index is 9.27. The van der Waals surface area contributed by atoms with E-state index in [1.54, 1.807) is 11.3 Å². The van der Waals surface area contributed by atoms with Gasteiger partial charge in [-0.2, -0.15) is 0 Å². The number of nitrogens with one attached hydrogen (secondary N) is 2. The van der Waals surface area contributed by atoms with E-state index < -0.39 is 0 Å². The van der Waals surface area contributed by atoms with Gasteiger partial charge in [0.15, 0.2) is 5.13 Å². The second-order valence-electron chi connectivity index (χ2n) is 10.1. The molecule has 2 aromatic rings. The number of benzene rings is 1. The average Bonchev–Trinajstić information content (AvgIpc) is 3.22. The zero-order valence-electron chi connectivity index (χ0n) is 19.5. The lowest BCUT2D eigenvalue weighted by molar-refractivity contribution is 0.177. The first kappa shape index (κ1) is 24.2. The molecule has 1 aliphatic rings. The second-order valence-corrected chi connectivity index (χ2v) is 11.0. The van der Waals surface area contributed by atoms with Crippen LogP contribution in [0.4, 0.5) is 5.13 Å². The van der Waals surface area contributed by atoms with Crippen molar-refractivity contribution in [3.8, 4) is 11.3 Å². The monoisotopic (exact) mass is 445 g/mol. The summed E-state index contributed by atoms with van der Waals surface area (Å²) in [6, 6.07) is 6.91. The predicted molar refractivity (Wildman–Crippen MR) is 131 cm³/mol. The van der Waals surface area contributed by atoms with Crippen molar-refractivity contribution in [2.45, 2.75) is 64.2 Å². The molecular weight excluding hydrogens is 406 g/mol. The molecule has 1 atom stereocenters. The predicted octanol–water partition coefficient (Wildman–Crippen LogP) is 4.54. The molecule has 6 heteroatoms. The molecular formula is C25H39N3O2S. The Morgan fingerprint density at radius 2 is 1.74 bits per heavy atom. The van der Waals surface area contributed by atoms with E-state index in [1.807, 2.05) is 0 Å². The molecule has 0 bridgehead atoms. The first-order chi connectivity index (χ1) is 14.8. The molecule has 0 saturated heterocycles. The summed E-state index contributed by atoms with van der Waals surface area (Å²) < 4.78 is 0. The molecule has 0 aliphatic heterocycles. The Bertz CT molecular complexity index is 847. The van der Waals surface area contributed by atoms with Gasteiger partial charge >= 0.3 is 0 Å². The van der Waals surface area contributed by atoms with Gasteiger partial charge in [-0.15, -0.1) is 11.3 Å². The third kappa shape index (κ3) is 6.07. The van der Waals surface area contributed by atoms with Crippen molar-refractivity contribution < 1.29 is 10.2 Å². The maximum Gasteiger partial charge on any atom is 0.183 e. The first-order valence-corrected chi connectivity index (χ1v) is 12.4. The first-order valence-electron chi connectivity index (χ1n) is 11.5. The van der Waals surface area contributed by atoms with Crippen LogP contribution in [0.25, 0.3) is 11.3 Å². The molecule has 1 unspecified atom stereocenters. The van der Waals surface area contributed by atoms with Gasteiger partial charge in [-0.1, -0.05) is 39.8 Å². The minimum atomic E-state index is 0.138. The largest absolute Gasteiger partial charge is 0.396 e. The molecule has 31 heavy (non-hydrogen) atoms. The summed E-state index contributed by atoms with van der Waals surface area (Å²) >= 11 is 1.65. The molecule has 4 N–H and O–H groups in total. The Labute approximate surface area is 191 Å². The van der Waals surface area contributed by atoms with Gasteiger partial charge in [0, 0.05) is 37.2 Å². The van der Waals surface area contributed by atoms with E-state index in [4.69, 9.17) is 10.1 Å². The molecule has 3 rings (SSSR count). The van der Waals surface area contributed by atoms with Gasteiger partial charge in [-0.05, 0) is 66.2 Å². The number of aromatic nitrogens is 1. The lowest BCUT2D eigenvalue weighted by Crippen LogP contribution is -2.33. The quantitative estimate of drug-likeness (QED) is 0.382. The summed E-state index contributed by atoms with van der Waals surface area (Å²) in [6.45, 7) is 12.2. The molecule has 0 amide bonds. The van der Waals surface area contributed by atoms with Gasteiger partial charge in [0.1, 0.15) is 0 Å². The number of anilines is 1. The summed E-state index contributed by atoms with van der Waals surface area (Å²) in [5.41, 5.74) is 5.63. The number of thiazole rings is 1. The van der Waals surface area contributed by atoms with E-state index >= 15 is 0 Å². The standard InChI is InChI=1S/C25H39N3O2S/c1-24(2)9-10-25(3,4)21-15-19(5-6-20(21)24)22-17-31-23(28-22)27-13-12-26-11-7-18(16-30)8-14-29/h5-6,15,17-18,26,29-30H,7-14,16H2,1-4H3,(H,27,28). The van der Waals surface area contributed by atoms with Crippen LogP contribution >= 0.6 is 11.3 Å². The number of aliphatic hydroxyl groups excluding tert-OH is 2. The molecule has 0 spiro atoms. The topological polar surface area (TPSA) is 77.4 Å². The molecule has 0 fully saturated rings. The fourth-order valence-electron chi connectivity index (χ4n) is 4.43. The van der Waals surface area contributed by atoms with Crippen LogP contribution in [0.1, 0.15) is 64.5 Å². The summed E-state index contributed by atoms with van der Waals surface area (Å²) in [5, 5.41) is 28.1. The fraction of sp³-hybridized carbons (Fsp3) is 0.640. The number of aliphatic hydroxyl groups is 2. The van der Waals surface area contributed by atoms with Crippen LogP contribution in [0.3, 0.4) is 0 Å². The van der Waals surface area contributed by atoms with E-state index in [2.05, 4.69) is 61.9 Å². The third-order valence-electron chi connectivity index (χ3n) is 6.76. The molecule has 5 nitrogen and oxygen atoms in total. The second kappa shape index (κ2) is 10.4. The third-order valence-corrected chi connectivity index (χ3v) is 7.56. The van der Waals surface area contributed by atoms with Gasteiger partial charge in [-0.3, -0.25) is 0 Å². The number of rotatable bonds is 11. The Balaban J connectivity index is 1.54. The number of hydrogen-bond acceptors (Lipinski definition) is 6.